The number of anilines is 1. The highest BCUT2D eigenvalue weighted by molar-refractivity contribution is 6.17. The summed E-state index contributed by atoms with van der Waals surface area (Å²) in [5.74, 6) is 0.527. The molecule has 0 bridgehead atoms. The van der Waals surface area contributed by atoms with Crippen LogP contribution in [0.15, 0.2) is 53.5 Å². The molecule has 4 heteroatoms. The van der Waals surface area contributed by atoms with Crippen LogP contribution in [0.3, 0.4) is 0 Å². The smallest absolute Gasteiger partial charge is 0.250 e. The van der Waals surface area contributed by atoms with E-state index in [4.69, 9.17) is 11.6 Å². The van der Waals surface area contributed by atoms with E-state index < -0.39 is 0 Å². The third-order valence-electron chi connectivity index (χ3n) is 2.69. The summed E-state index contributed by atoms with van der Waals surface area (Å²) < 4.78 is 1.68. The highest BCUT2D eigenvalue weighted by atomic mass is 35.5. The lowest BCUT2D eigenvalue weighted by Gasteiger charge is -2.08. The molecule has 0 aliphatic rings. The summed E-state index contributed by atoms with van der Waals surface area (Å²) in [5, 5.41) is 3.27. The van der Waals surface area contributed by atoms with E-state index in [1.54, 1.807) is 22.9 Å². The molecule has 0 radical (unpaired) electrons. The molecule has 3 nitrogen and oxygen atoms in total. The first-order valence-corrected chi connectivity index (χ1v) is 6.37. The zero-order valence-corrected chi connectivity index (χ0v) is 10.7. The third kappa shape index (κ3) is 3.37. The molecule has 0 aliphatic carbocycles. The Bertz CT molecular complexity index is 548. The molecular weight excluding hydrogens is 248 g/mol. The maximum absolute atomic E-state index is 11.5. The van der Waals surface area contributed by atoms with Crippen LogP contribution in [0, 0.1) is 0 Å². The number of pyridine rings is 1. The molecule has 0 spiro atoms. The minimum absolute atomic E-state index is 0.0248. The SMILES string of the molecule is O=c1ccccn1CCNc1ccc(CCl)cc1. The largest absolute Gasteiger partial charge is 0.383 e. The topological polar surface area (TPSA) is 34.0 Å². The molecule has 0 atom stereocenters. The van der Waals surface area contributed by atoms with Gasteiger partial charge in [0.2, 0.25) is 0 Å². The van der Waals surface area contributed by atoms with Crippen molar-refractivity contribution < 1.29 is 0 Å². The number of alkyl halides is 1. The average Bonchev–Trinajstić information content (AvgIpc) is 2.42. The normalized spacial score (nSPS) is 10.3. The average molecular weight is 263 g/mol. The van der Waals surface area contributed by atoms with Gasteiger partial charge in [-0.3, -0.25) is 4.79 Å². The molecule has 0 fully saturated rings. The summed E-state index contributed by atoms with van der Waals surface area (Å²) in [5.41, 5.74) is 2.16. The van der Waals surface area contributed by atoms with Crippen LogP contribution in [0.4, 0.5) is 5.69 Å². The van der Waals surface area contributed by atoms with E-state index in [9.17, 15) is 4.79 Å². The molecule has 0 amide bonds. The standard InChI is InChI=1S/C14H15ClN2O/c15-11-12-4-6-13(7-5-12)16-8-10-17-9-2-1-3-14(17)18/h1-7,9,16H,8,10-11H2. The fraction of sp³-hybridized carbons (Fsp3) is 0.214. The summed E-state index contributed by atoms with van der Waals surface area (Å²) in [6, 6.07) is 13.1. The molecule has 1 N–H and O–H groups in total. The van der Waals surface area contributed by atoms with Crippen molar-refractivity contribution in [2.24, 2.45) is 0 Å². The van der Waals surface area contributed by atoms with Crippen LogP contribution in [-0.4, -0.2) is 11.1 Å². The van der Waals surface area contributed by atoms with Crippen molar-refractivity contribution in [2.45, 2.75) is 12.4 Å². The minimum atomic E-state index is 0.0248. The number of aromatic nitrogens is 1. The highest BCUT2D eigenvalue weighted by Gasteiger charge is 1.95. The minimum Gasteiger partial charge on any atom is -0.383 e. The molecule has 0 saturated carbocycles. The molecule has 94 valence electrons. The van der Waals surface area contributed by atoms with Crippen LogP contribution in [0.2, 0.25) is 0 Å². The van der Waals surface area contributed by atoms with Crippen molar-refractivity contribution in [1.29, 1.82) is 0 Å². The van der Waals surface area contributed by atoms with Crippen LogP contribution in [0.1, 0.15) is 5.56 Å². The van der Waals surface area contributed by atoms with Crippen LogP contribution >= 0.6 is 11.6 Å². The second kappa shape index (κ2) is 6.26. The summed E-state index contributed by atoms with van der Waals surface area (Å²) in [7, 11) is 0. The zero-order valence-electron chi connectivity index (χ0n) is 9.97. The Labute approximate surface area is 111 Å². The predicted molar refractivity (Wildman–Crippen MR) is 75.2 cm³/mol. The Kier molecular flexibility index (Phi) is 4.42. The van der Waals surface area contributed by atoms with Gasteiger partial charge in [-0.25, -0.2) is 0 Å². The van der Waals surface area contributed by atoms with E-state index in [0.29, 0.717) is 19.0 Å². The van der Waals surface area contributed by atoms with Crippen molar-refractivity contribution >= 4 is 17.3 Å². The Morgan fingerprint density at radius 3 is 2.56 bits per heavy atom. The van der Waals surface area contributed by atoms with Crippen LogP contribution in [0.5, 0.6) is 0 Å². The number of hydrogen-bond acceptors (Lipinski definition) is 2. The number of nitrogens with zero attached hydrogens (tertiary/aromatic N) is 1. The van der Waals surface area contributed by atoms with Gasteiger partial charge in [-0.15, -0.1) is 11.6 Å². The Morgan fingerprint density at radius 1 is 1.11 bits per heavy atom. The van der Waals surface area contributed by atoms with E-state index in [1.807, 2.05) is 30.3 Å². The van der Waals surface area contributed by atoms with E-state index in [-0.39, 0.29) is 5.56 Å². The third-order valence-corrected chi connectivity index (χ3v) is 3.00. The quantitative estimate of drug-likeness (QED) is 0.841. The summed E-state index contributed by atoms with van der Waals surface area (Å²) >= 11 is 5.72. The molecular formula is C14H15ClN2O. The van der Waals surface area contributed by atoms with Gasteiger partial charge >= 0.3 is 0 Å². The van der Waals surface area contributed by atoms with Gasteiger partial charge in [0, 0.05) is 36.9 Å². The van der Waals surface area contributed by atoms with Crippen molar-refractivity contribution in [3.05, 3.63) is 64.6 Å². The Balaban J connectivity index is 1.88. The van der Waals surface area contributed by atoms with Gasteiger partial charge in [0.1, 0.15) is 0 Å². The number of rotatable bonds is 5. The van der Waals surface area contributed by atoms with Gasteiger partial charge in [-0.05, 0) is 23.8 Å². The zero-order chi connectivity index (χ0) is 12.8. The van der Waals surface area contributed by atoms with Gasteiger partial charge in [-0.2, -0.15) is 0 Å². The molecule has 0 unspecified atom stereocenters. The van der Waals surface area contributed by atoms with Crippen molar-refractivity contribution in [1.82, 2.24) is 4.57 Å². The number of nitrogens with one attached hydrogen (secondary N) is 1. The number of halogens is 1. The van der Waals surface area contributed by atoms with Gasteiger partial charge in [0.15, 0.2) is 0 Å². The molecule has 2 rings (SSSR count). The lowest BCUT2D eigenvalue weighted by molar-refractivity contribution is 0.697. The van der Waals surface area contributed by atoms with Crippen LogP contribution in [-0.2, 0) is 12.4 Å². The van der Waals surface area contributed by atoms with Gasteiger partial charge < -0.3 is 9.88 Å². The Morgan fingerprint density at radius 2 is 1.89 bits per heavy atom. The second-order valence-electron chi connectivity index (χ2n) is 3.99. The van der Waals surface area contributed by atoms with Crippen molar-refractivity contribution in [2.75, 3.05) is 11.9 Å². The fourth-order valence-electron chi connectivity index (χ4n) is 1.68. The summed E-state index contributed by atoms with van der Waals surface area (Å²) in [6.45, 7) is 1.36. The molecule has 0 saturated heterocycles. The highest BCUT2D eigenvalue weighted by Crippen LogP contribution is 2.10. The summed E-state index contributed by atoms with van der Waals surface area (Å²) in [4.78, 5) is 11.5. The van der Waals surface area contributed by atoms with Gasteiger partial charge in [0.25, 0.3) is 5.56 Å². The second-order valence-corrected chi connectivity index (χ2v) is 4.26. The lowest BCUT2D eigenvalue weighted by Crippen LogP contribution is -2.21. The maximum Gasteiger partial charge on any atom is 0.250 e. The number of hydrogen-bond donors (Lipinski definition) is 1. The van der Waals surface area contributed by atoms with E-state index in [1.165, 1.54) is 0 Å². The molecule has 0 aliphatic heterocycles. The maximum atomic E-state index is 11.5. The molecule has 1 aromatic carbocycles. The molecule has 2 aromatic rings. The van der Waals surface area contributed by atoms with E-state index in [2.05, 4.69) is 5.32 Å². The van der Waals surface area contributed by atoms with Crippen LogP contribution in [0.25, 0.3) is 0 Å². The first-order chi connectivity index (χ1) is 8.79. The first-order valence-electron chi connectivity index (χ1n) is 5.84. The van der Waals surface area contributed by atoms with Crippen molar-refractivity contribution in [3.8, 4) is 0 Å². The lowest BCUT2D eigenvalue weighted by atomic mass is 10.2. The van der Waals surface area contributed by atoms with Crippen molar-refractivity contribution in [3.63, 3.8) is 0 Å². The number of benzene rings is 1. The summed E-state index contributed by atoms with van der Waals surface area (Å²) in [6.07, 6.45) is 1.79. The molecule has 1 heterocycles. The Hall–Kier alpha value is -1.74. The van der Waals surface area contributed by atoms with E-state index in [0.717, 1.165) is 11.3 Å². The van der Waals surface area contributed by atoms with Crippen LogP contribution < -0.4 is 10.9 Å². The van der Waals surface area contributed by atoms with Gasteiger partial charge in [-0.1, -0.05) is 18.2 Å². The van der Waals surface area contributed by atoms with Gasteiger partial charge in [0.05, 0.1) is 0 Å². The molecule has 18 heavy (non-hydrogen) atoms. The monoisotopic (exact) mass is 262 g/mol. The predicted octanol–water partition coefficient (Wildman–Crippen LogP) is 2.70. The first kappa shape index (κ1) is 12.7. The fourth-order valence-corrected chi connectivity index (χ4v) is 1.86. The molecule has 1 aromatic heterocycles. The van der Waals surface area contributed by atoms with E-state index >= 15 is 0 Å².